The maximum atomic E-state index is 12.6. The van der Waals surface area contributed by atoms with E-state index in [1.54, 1.807) is 16.8 Å². The van der Waals surface area contributed by atoms with Crippen LogP contribution in [0.4, 0.5) is 0 Å². The van der Waals surface area contributed by atoms with E-state index in [0.29, 0.717) is 32.0 Å². The van der Waals surface area contributed by atoms with Crippen molar-refractivity contribution in [1.29, 1.82) is 0 Å². The van der Waals surface area contributed by atoms with Gasteiger partial charge in [0.1, 0.15) is 5.76 Å². The van der Waals surface area contributed by atoms with E-state index in [9.17, 15) is 9.59 Å². The number of thiazole rings is 1. The zero-order valence-corrected chi connectivity index (χ0v) is 16.2. The number of carbonyl (C=O) groups excluding carboxylic acids is 1. The van der Waals surface area contributed by atoms with Crippen LogP contribution in [0.3, 0.4) is 0 Å². The van der Waals surface area contributed by atoms with Gasteiger partial charge in [-0.05, 0) is 26.1 Å². The van der Waals surface area contributed by atoms with Crippen LogP contribution in [0, 0.1) is 6.92 Å². The minimum Gasteiger partial charge on any atom is -0.480 e. The molecular weight excluding hydrogens is 370 g/mol. The first-order valence-corrected chi connectivity index (χ1v) is 9.59. The number of carboxylic acid groups (broad SMARTS) is 1. The van der Waals surface area contributed by atoms with Gasteiger partial charge < -0.3 is 19.2 Å². The minimum absolute atomic E-state index is 0.00309. The lowest BCUT2D eigenvalue weighted by atomic mass is 10.2. The second kappa shape index (κ2) is 8.64. The third-order valence-electron chi connectivity index (χ3n) is 4.25. The first kappa shape index (κ1) is 19.5. The molecule has 0 saturated carbocycles. The van der Waals surface area contributed by atoms with Gasteiger partial charge >= 0.3 is 5.97 Å². The number of hydrogen-bond acceptors (Lipinski definition) is 7. The quantitative estimate of drug-likeness (QED) is 0.761. The molecule has 27 heavy (non-hydrogen) atoms. The van der Waals surface area contributed by atoms with Gasteiger partial charge in [-0.2, -0.15) is 0 Å². The van der Waals surface area contributed by atoms with Crippen molar-refractivity contribution in [1.82, 2.24) is 14.8 Å². The van der Waals surface area contributed by atoms with Crippen molar-refractivity contribution in [2.24, 2.45) is 0 Å². The molecule has 0 aromatic carbocycles. The van der Waals surface area contributed by atoms with Crippen molar-refractivity contribution >= 4 is 23.2 Å². The van der Waals surface area contributed by atoms with Gasteiger partial charge in [-0.1, -0.05) is 0 Å². The Morgan fingerprint density at radius 2 is 2.26 bits per heavy atom. The molecule has 0 aliphatic carbocycles. The molecule has 1 aliphatic rings. The zero-order chi connectivity index (χ0) is 19.4. The third kappa shape index (κ3) is 5.38. The van der Waals surface area contributed by atoms with E-state index >= 15 is 0 Å². The zero-order valence-electron chi connectivity index (χ0n) is 15.4. The van der Waals surface area contributed by atoms with E-state index in [1.807, 2.05) is 24.4 Å². The molecule has 2 aromatic rings. The number of morpholine rings is 1. The molecule has 1 aliphatic heterocycles. The highest BCUT2D eigenvalue weighted by Crippen LogP contribution is 2.26. The van der Waals surface area contributed by atoms with Crippen LogP contribution in [0.5, 0.6) is 0 Å². The van der Waals surface area contributed by atoms with Gasteiger partial charge in [-0.15, -0.1) is 11.3 Å². The number of hydrogen-bond donors (Lipinski definition) is 1. The molecule has 0 radical (unpaired) electrons. The monoisotopic (exact) mass is 393 g/mol. The summed E-state index contributed by atoms with van der Waals surface area (Å²) < 4.78 is 11.2. The fourth-order valence-corrected chi connectivity index (χ4v) is 3.80. The van der Waals surface area contributed by atoms with Gasteiger partial charge in [0.25, 0.3) is 0 Å². The summed E-state index contributed by atoms with van der Waals surface area (Å²) in [6.07, 6.45) is 0.0394. The Morgan fingerprint density at radius 3 is 2.96 bits per heavy atom. The molecule has 0 spiro atoms. The highest BCUT2D eigenvalue weighted by molar-refractivity contribution is 7.13. The molecule has 1 saturated heterocycles. The summed E-state index contributed by atoms with van der Waals surface area (Å²) in [5.74, 6) is 0.651. The summed E-state index contributed by atoms with van der Waals surface area (Å²) in [6.45, 7) is 3.73. The predicted molar refractivity (Wildman–Crippen MR) is 99.7 cm³/mol. The van der Waals surface area contributed by atoms with Crippen molar-refractivity contribution in [3.63, 3.8) is 0 Å². The molecular formula is C18H23N3O5S. The molecule has 1 unspecified atom stereocenters. The maximum absolute atomic E-state index is 12.6. The fraction of sp³-hybridized carbons (Fsp3) is 0.500. The van der Waals surface area contributed by atoms with Gasteiger partial charge in [-0.25, -0.2) is 4.98 Å². The molecule has 146 valence electrons. The average Bonchev–Trinajstić information content (AvgIpc) is 3.23. The van der Waals surface area contributed by atoms with E-state index in [4.69, 9.17) is 14.3 Å². The molecule has 1 N–H and O–H groups in total. The summed E-state index contributed by atoms with van der Waals surface area (Å²) in [5.41, 5.74) is 0.722. The summed E-state index contributed by atoms with van der Waals surface area (Å²) in [7, 11) is 1.73. The predicted octanol–water partition coefficient (Wildman–Crippen LogP) is 1.50. The Kier molecular flexibility index (Phi) is 6.25. The molecule has 8 nitrogen and oxygen atoms in total. The normalized spacial score (nSPS) is 17.4. The van der Waals surface area contributed by atoms with Crippen LogP contribution in [0.1, 0.15) is 11.5 Å². The Labute approximate surface area is 161 Å². The van der Waals surface area contributed by atoms with Crippen LogP contribution < -0.4 is 0 Å². The van der Waals surface area contributed by atoms with Crippen LogP contribution in [-0.2, 0) is 20.7 Å². The number of ether oxygens (including phenoxy) is 1. The molecule has 0 bridgehead atoms. The lowest BCUT2D eigenvalue weighted by Crippen LogP contribution is -2.50. The van der Waals surface area contributed by atoms with E-state index < -0.39 is 5.97 Å². The number of nitrogens with zero attached hydrogens (tertiary/aromatic N) is 3. The van der Waals surface area contributed by atoms with Crippen LogP contribution >= 0.6 is 11.3 Å². The van der Waals surface area contributed by atoms with Crippen LogP contribution in [-0.4, -0.2) is 77.7 Å². The third-order valence-corrected chi connectivity index (χ3v) is 5.15. The minimum atomic E-state index is -0.882. The van der Waals surface area contributed by atoms with E-state index in [1.165, 1.54) is 11.3 Å². The van der Waals surface area contributed by atoms with Crippen LogP contribution in [0.2, 0.25) is 0 Å². The highest BCUT2D eigenvalue weighted by Gasteiger charge is 2.26. The van der Waals surface area contributed by atoms with Gasteiger partial charge in [0.15, 0.2) is 10.8 Å². The topological polar surface area (TPSA) is 96.1 Å². The number of aromatic nitrogens is 1. The molecule has 1 fully saturated rings. The first-order chi connectivity index (χ1) is 12.9. The van der Waals surface area contributed by atoms with E-state index in [-0.39, 0.29) is 25.0 Å². The summed E-state index contributed by atoms with van der Waals surface area (Å²) in [4.78, 5) is 31.3. The number of carboxylic acids is 1. The Hall–Kier alpha value is -2.23. The number of amides is 1. The highest BCUT2D eigenvalue weighted by atomic mass is 32.1. The average molecular weight is 393 g/mol. The Bertz CT molecular complexity index is 803. The van der Waals surface area contributed by atoms with Crippen molar-refractivity contribution in [3.05, 3.63) is 29.0 Å². The second-order valence-electron chi connectivity index (χ2n) is 6.65. The first-order valence-electron chi connectivity index (χ1n) is 8.71. The second-order valence-corrected chi connectivity index (χ2v) is 7.51. The summed E-state index contributed by atoms with van der Waals surface area (Å²) >= 11 is 1.46. The lowest BCUT2D eigenvalue weighted by molar-refractivity contribution is -0.142. The van der Waals surface area contributed by atoms with Crippen molar-refractivity contribution in [3.8, 4) is 10.8 Å². The number of furan rings is 1. The molecule has 2 aromatic heterocycles. The molecule has 9 heteroatoms. The van der Waals surface area contributed by atoms with Gasteiger partial charge in [-0.3, -0.25) is 14.5 Å². The van der Waals surface area contributed by atoms with Crippen LogP contribution in [0.15, 0.2) is 21.9 Å². The van der Waals surface area contributed by atoms with Gasteiger partial charge in [0, 0.05) is 25.0 Å². The summed E-state index contributed by atoms with van der Waals surface area (Å²) in [6, 6.07) is 3.76. The smallest absolute Gasteiger partial charge is 0.317 e. The van der Waals surface area contributed by atoms with Crippen LogP contribution in [0.25, 0.3) is 10.8 Å². The molecule has 1 amide bonds. The number of carbonyl (C=O) groups is 2. The molecule has 3 rings (SSSR count). The number of aryl methyl sites for hydroxylation is 1. The number of rotatable bonds is 7. The van der Waals surface area contributed by atoms with Gasteiger partial charge in [0.05, 0.1) is 31.4 Å². The van der Waals surface area contributed by atoms with Crippen molar-refractivity contribution in [2.45, 2.75) is 19.4 Å². The van der Waals surface area contributed by atoms with Crippen molar-refractivity contribution in [2.75, 3.05) is 39.8 Å². The van der Waals surface area contributed by atoms with Crippen molar-refractivity contribution < 1.29 is 23.8 Å². The van der Waals surface area contributed by atoms with Gasteiger partial charge in [0.2, 0.25) is 5.91 Å². The Balaban J connectivity index is 1.54. The van der Waals surface area contributed by atoms with E-state index in [0.717, 1.165) is 16.5 Å². The van der Waals surface area contributed by atoms with E-state index in [2.05, 4.69) is 4.98 Å². The largest absolute Gasteiger partial charge is 0.480 e. The molecule has 3 heterocycles. The Morgan fingerprint density at radius 1 is 1.44 bits per heavy atom. The number of likely N-dealkylation sites (N-methyl/N-ethyl adjacent to an activating group) is 1. The molecule has 1 atom stereocenters. The number of aliphatic carboxylic acids is 1. The standard InChI is InChI=1S/C18H23N3O5S/c1-12-3-4-15(26-12)18-19-13(11-27-18)7-16(22)21-5-6-25-14(9-21)8-20(2)10-17(23)24/h3-4,11,14H,5-10H2,1-2H3,(H,23,24). The summed E-state index contributed by atoms with van der Waals surface area (Å²) in [5, 5.41) is 11.5. The fourth-order valence-electron chi connectivity index (χ4n) is 3.02. The SMILES string of the molecule is Cc1ccc(-c2nc(CC(=O)N3CCOC(CN(C)CC(=O)O)C3)cs2)o1. The lowest BCUT2D eigenvalue weighted by Gasteiger charge is -2.34. The maximum Gasteiger partial charge on any atom is 0.317 e.